The van der Waals surface area contributed by atoms with Crippen LogP contribution in [-0.2, 0) is 10.0 Å². The molecule has 2 aliphatic rings. The molecule has 1 aliphatic carbocycles. The molecule has 0 amide bonds. The summed E-state index contributed by atoms with van der Waals surface area (Å²) in [6.07, 6.45) is 4.17. The zero-order valence-electron chi connectivity index (χ0n) is 8.33. The maximum absolute atomic E-state index is 11.6. The van der Waals surface area contributed by atoms with E-state index >= 15 is 0 Å². The van der Waals surface area contributed by atoms with Crippen molar-refractivity contribution in [1.29, 1.82) is 0 Å². The van der Waals surface area contributed by atoms with Gasteiger partial charge >= 0.3 is 0 Å². The molecule has 2 fully saturated rings. The van der Waals surface area contributed by atoms with Gasteiger partial charge in [0.05, 0.1) is 5.75 Å². The number of hydrogen-bond donors (Lipinski definition) is 2. The van der Waals surface area contributed by atoms with Gasteiger partial charge in [-0.05, 0) is 44.7 Å². The van der Waals surface area contributed by atoms with Gasteiger partial charge in [0.25, 0.3) is 0 Å². The highest BCUT2D eigenvalue weighted by molar-refractivity contribution is 7.89. The number of nitrogens with one attached hydrogen (secondary N) is 2. The van der Waals surface area contributed by atoms with E-state index in [0.717, 1.165) is 38.8 Å². The smallest absolute Gasteiger partial charge is 0.212 e. The lowest BCUT2D eigenvalue weighted by atomic mass is 10.0. The van der Waals surface area contributed by atoms with Crippen molar-refractivity contribution in [2.24, 2.45) is 5.92 Å². The number of rotatable bonds is 4. The third-order valence-corrected chi connectivity index (χ3v) is 4.38. The Bertz CT molecular complexity index is 279. The Labute approximate surface area is 85.5 Å². The van der Waals surface area contributed by atoms with Crippen LogP contribution in [0.25, 0.3) is 0 Å². The van der Waals surface area contributed by atoms with Crippen LogP contribution in [-0.4, -0.2) is 33.3 Å². The maximum Gasteiger partial charge on any atom is 0.212 e. The highest BCUT2D eigenvalue weighted by atomic mass is 32.2. The molecule has 0 bridgehead atoms. The van der Waals surface area contributed by atoms with Gasteiger partial charge in [-0.2, -0.15) is 0 Å². The lowest BCUT2D eigenvalue weighted by molar-refractivity contribution is 0.402. The van der Waals surface area contributed by atoms with Gasteiger partial charge in [0, 0.05) is 6.04 Å². The topological polar surface area (TPSA) is 58.2 Å². The van der Waals surface area contributed by atoms with Crippen molar-refractivity contribution >= 4 is 10.0 Å². The predicted octanol–water partition coefficient (Wildman–Crippen LogP) is 0.0678. The Kier molecular flexibility index (Phi) is 3.09. The fraction of sp³-hybridized carbons (Fsp3) is 1.00. The quantitative estimate of drug-likeness (QED) is 0.702. The zero-order chi connectivity index (χ0) is 10.0. The van der Waals surface area contributed by atoms with Crippen LogP contribution < -0.4 is 10.0 Å². The van der Waals surface area contributed by atoms with Crippen LogP contribution in [0.4, 0.5) is 0 Å². The summed E-state index contributed by atoms with van der Waals surface area (Å²) in [6, 6.07) is 0.247. The van der Waals surface area contributed by atoms with Gasteiger partial charge in [0.15, 0.2) is 0 Å². The van der Waals surface area contributed by atoms with Crippen LogP contribution in [0.5, 0.6) is 0 Å². The summed E-state index contributed by atoms with van der Waals surface area (Å²) in [5, 5.41) is 3.23. The average molecular weight is 218 g/mol. The van der Waals surface area contributed by atoms with Crippen molar-refractivity contribution in [1.82, 2.24) is 10.0 Å². The molecule has 0 spiro atoms. The molecule has 82 valence electrons. The van der Waals surface area contributed by atoms with Gasteiger partial charge in [-0.1, -0.05) is 0 Å². The van der Waals surface area contributed by atoms with Crippen molar-refractivity contribution in [3.63, 3.8) is 0 Å². The molecule has 14 heavy (non-hydrogen) atoms. The fourth-order valence-corrected chi connectivity index (χ4v) is 3.62. The minimum atomic E-state index is -3.01. The lowest BCUT2D eigenvalue weighted by Crippen LogP contribution is -2.38. The highest BCUT2D eigenvalue weighted by Crippen LogP contribution is 2.21. The molecule has 5 heteroatoms. The van der Waals surface area contributed by atoms with E-state index in [1.807, 2.05) is 0 Å². The molecular weight excluding hydrogens is 200 g/mol. The van der Waals surface area contributed by atoms with E-state index in [1.54, 1.807) is 0 Å². The van der Waals surface area contributed by atoms with Crippen LogP contribution in [0.15, 0.2) is 0 Å². The third-order valence-electron chi connectivity index (χ3n) is 2.78. The second kappa shape index (κ2) is 4.16. The van der Waals surface area contributed by atoms with E-state index < -0.39 is 10.0 Å². The van der Waals surface area contributed by atoms with Crippen LogP contribution in [0.2, 0.25) is 0 Å². The third kappa shape index (κ3) is 3.22. The molecule has 1 unspecified atom stereocenters. The first-order valence-electron chi connectivity index (χ1n) is 5.36. The molecule has 0 aromatic carbocycles. The molecule has 0 radical (unpaired) electrons. The average Bonchev–Trinajstić information content (AvgIpc) is 2.88. The molecular formula is C9H18N2O2S. The largest absolute Gasteiger partial charge is 0.316 e. The van der Waals surface area contributed by atoms with Gasteiger partial charge in [-0.15, -0.1) is 0 Å². The normalized spacial score (nSPS) is 29.0. The van der Waals surface area contributed by atoms with E-state index in [4.69, 9.17) is 0 Å². The number of piperidine rings is 1. The van der Waals surface area contributed by atoms with Crippen molar-refractivity contribution in [2.75, 3.05) is 18.8 Å². The maximum atomic E-state index is 11.6. The molecule has 1 atom stereocenters. The summed E-state index contributed by atoms with van der Waals surface area (Å²) in [5.74, 6) is 0.608. The van der Waals surface area contributed by atoms with E-state index in [1.165, 1.54) is 0 Å². The molecule has 1 saturated heterocycles. The summed E-state index contributed by atoms with van der Waals surface area (Å²) in [7, 11) is -3.01. The second-order valence-electron chi connectivity index (χ2n) is 4.39. The Balaban J connectivity index is 1.81. The van der Waals surface area contributed by atoms with E-state index in [2.05, 4.69) is 10.0 Å². The Morgan fingerprint density at radius 2 is 2.07 bits per heavy atom. The predicted molar refractivity (Wildman–Crippen MR) is 55.5 cm³/mol. The minimum absolute atomic E-state index is 0.247. The first kappa shape index (κ1) is 10.4. The van der Waals surface area contributed by atoms with Crippen molar-refractivity contribution in [3.8, 4) is 0 Å². The highest BCUT2D eigenvalue weighted by Gasteiger charge is 2.29. The van der Waals surface area contributed by atoms with Gasteiger partial charge < -0.3 is 5.32 Å². The SMILES string of the molecule is O=S(=O)(CC1CCCNC1)NC1CC1. The van der Waals surface area contributed by atoms with Gasteiger partial charge in [0.2, 0.25) is 10.0 Å². The van der Waals surface area contributed by atoms with Gasteiger partial charge in [-0.3, -0.25) is 0 Å². The van der Waals surface area contributed by atoms with Gasteiger partial charge in [0.1, 0.15) is 0 Å². The second-order valence-corrected chi connectivity index (χ2v) is 6.18. The molecule has 2 N–H and O–H groups in total. The summed E-state index contributed by atoms with van der Waals surface area (Å²) >= 11 is 0. The summed E-state index contributed by atoms with van der Waals surface area (Å²) in [5.41, 5.74) is 0. The molecule has 2 rings (SSSR count). The van der Waals surface area contributed by atoms with Crippen molar-refractivity contribution in [2.45, 2.75) is 31.7 Å². The molecule has 4 nitrogen and oxygen atoms in total. The first-order valence-corrected chi connectivity index (χ1v) is 7.02. The summed E-state index contributed by atoms with van der Waals surface area (Å²) < 4.78 is 25.9. The van der Waals surface area contributed by atoms with E-state index in [-0.39, 0.29) is 6.04 Å². The molecule has 0 aromatic heterocycles. The summed E-state index contributed by atoms with van der Waals surface area (Å²) in [4.78, 5) is 0. The van der Waals surface area contributed by atoms with Crippen LogP contribution in [0.1, 0.15) is 25.7 Å². The van der Waals surface area contributed by atoms with Crippen LogP contribution in [0.3, 0.4) is 0 Å². The van der Waals surface area contributed by atoms with Crippen molar-refractivity contribution in [3.05, 3.63) is 0 Å². The number of sulfonamides is 1. The zero-order valence-corrected chi connectivity index (χ0v) is 9.15. The molecule has 0 aromatic rings. The fourth-order valence-electron chi connectivity index (χ4n) is 1.88. The van der Waals surface area contributed by atoms with E-state index in [9.17, 15) is 8.42 Å². The van der Waals surface area contributed by atoms with Gasteiger partial charge in [-0.25, -0.2) is 13.1 Å². The Hall–Kier alpha value is -0.130. The Morgan fingerprint density at radius 1 is 1.29 bits per heavy atom. The van der Waals surface area contributed by atoms with Crippen LogP contribution >= 0.6 is 0 Å². The summed E-state index contributed by atoms with van der Waals surface area (Å²) in [6.45, 7) is 1.89. The molecule has 1 heterocycles. The molecule has 1 aliphatic heterocycles. The molecule has 1 saturated carbocycles. The van der Waals surface area contributed by atoms with Crippen molar-refractivity contribution < 1.29 is 8.42 Å². The van der Waals surface area contributed by atoms with E-state index in [0.29, 0.717) is 11.7 Å². The lowest BCUT2D eigenvalue weighted by Gasteiger charge is -2.22. The number of hydrogen-bond acceptors (Lipinski definition) is 3. The van der Waals surface area contributed by atoms with Crippen LogP contribution in [0, 0.1) is 5.92 Å². The minimum Gasteiger partial charge on any atom is -0.316 e. The first-order chi connectivity index (χ1) is 6.66. The standard InChI is InChI=1S/C9H18N2O2S/c12-14(13,11-9-3-4-9)7-8-2-1-5-10-6-8/h8-11H,1-7H2. The monoisotopic (exact) mass is 218 g/mol. The Morgan fingerprint density at radius 3 is 2.64 bits per heavy atom.